The molecule has 2 aliphatic rings. The molecule has 1 N–H and O–H groups in total. The predicted octanol–water partition coefficient (Wildman–Crippen LogP) is 2.89. The van der Waals surface area contributed by atoms with Crippen LogP contribution in [-0.4, -0.2) is 31.1 Å². The Labute approximate surface area is 115 Å². The molecular weight excluding hydrogens is 239 g/mol. The highest BCUT2D eigenvalue weighted by Gasteiger charge is 2.26. The molecular formula is C16H23FN2. The highest BCUT2D eigenvalue weighted by Crippen LogP contribution is 2.32. The molecule has 3 heteroatoms. The van der Waals surface area contributed by atoms with Crippen LogP contribution >= 0.6 is 0 Å². The quantitative estimate of drug-likeness (QED) is 0.901. The Morgan fingerprint density at radius 3 is 3.05 bits per heavy atom. The summed E-state index contributed by atoms with van der Waals surface area (Å²) in [6.07, 6.45) is 5.86. The molecule has 0 aromatic heterocycles. The Bertz CT molecular complexity index is 446. The number of likely N-dealkylation sites (tertiary alicyclic amines) is 1. The van der Waals surface area contributed by atoms with Gasteiger partial charge in [0.25, 0.3) is 0 Å². The fourth-order valence-electron chi connectivity index (χ4n) is 3.50. The van der Waals surface area contributed by atoms with Gasteiger partial charge < -0.3 is 10.2 Å². The number of rotatable bonds is 3. The van der Waals surface area contributed by atoms with Gasteiger partial charge in [-0.25, -0.2) is 4.39 Å². The largest absolute Gasteiger partial charge is 0.308 e. The van der Waals surface area contributed by atoms with E-state index in [0.717, 1.165) is 24.9 Å². The summed E-state index contributed by atoms with van der Waals surface area (Å²) in [5.74, 6) is -0.0309. The zero-order chi connectivity index (χ0) is 13.2. The van der Waals surface area contributed by atoms with Crippen molar-refractivity contribution in [3.8, 4) is 0 Å². The summed E-state index contributed by atoms with van der Waals surface area (Å²) in [4.78, 5) is 2.46. The Hall–Kier alpha value is -0.930. The maximum atomic E-state index is 13.7. The van der Waals surface area contributed by atoms with E-state index >= 15 is 0 Å². The number of fused-ring (bicyclic) bond motifs is 1. The maximum Gasteiger partial charge on any atom is 0.126 e. The van der Waals surface area contributed by atoms with Crippen LogP contribution in [0, 0.1) is 5.82 Å². The van der Waals surface area contributed by atoms with Gasteiger partial charge in [0.2, 0.25) is 0 Å². The smallest absolute Gasteiger partial charge is 0.126 e. The molecule has 1 aromatic carbocycles. The number of nitrogens with one attached hydrogen (secondary N) is 1. The summed E-state index contributed by atoms with van der Waals surface area (Å²) in [6, 6.07) is 6.48. The van der Waals surface area contributed by atoms with E-state index in [1.807, 2.05) is 6.07 Å². The van der Waals surface area contributed by atoms with Crippen molar-refractivity contribution in [1.29, 1.82) is 0 Å². The normalized spacial score (nSPS) is 27.5. The average molecular weight is 262 g/mol. The van der Waals surface area contributed by atoms with Gasteiger partial charge in [-0.15, -0.1) is 0 Å². The van der Waals surface area contributed by atoms with Crippen LogP contribution in [0.1, 0.15) is 42.9 Å². The molecule has 2 nitrogen and oxygen atoms in total. The molecule has 0 spiro atoms. The molecule has 1 saturated heterocycles. The van der Waals surface area contributed by atoms with E-state index in [4.69, 9.17) is 0 Å². The lowest BCUT2D eigenvalue weighted by Crippen LogP contribution is -2.43. The van der Waals surface area contributed by atoms with Crippen molar-refractivity contribution in [1.82, 2.24) is 10.2 Å². The minimum absolute atomic E-state index is 0.0309. The lowest BCUT2D eigenvalue weighted by atomic mass is 10.0. The monoisotopic (exact) mass is 262 g/mol. The van der Waals surface area contributed by atoms with Gasteiger partial charge in [-0.2, -0.15) is 0 Å². The van der Waals surface area contributed by atoms with Gasteiger partial charge in [0.05, 0.1) is 0 Å². The Kier molecular flexibility index (Phi) is 3.85. The first-order valence-electron chi connectivity index (χ1n) is 7.46. The molecule has 19 heavy (non-hydrogen) atoms. The Balaban J connectivity index is 1.62. The van der Waals surface area contributed by atoms with E-state index < -0.39 is 0 Å². The van der Waals surface area contributed by atoms with Gasteiger partial charge in [-0.1, -0.05) is 18.6 Å². The first-order chi connectivity index (χ1) is 9.25. The van der Waals surface area contributed by atoms with Crippen LogP contribution in [0.3, 0.4) is 0 Å². The third-order valence-electron chi connectivity index (χ3n) is 4.73. The average Bonchev–Trinajstić information content (AvgIpc) is 2.83. The number of likely N-dealkylation sites (N-methyl/N-ethyl adjacent to an activating group) is 1. The van der Waals surface area contributed by atoms with Gasteiger partial charge in [0, 0.05) is 18.6 Å². The molecule has 0 bridgehead atoms. The van der Waals surface area contributed by atoms with Crippen LogP contribution in [0.4, 0.5) is 4.39 Å². The van der Waals surface area contributed by atoms with E-state index in [0.29, 0.717) is 12.1 Å². The summed E-state index contributed by atoms with van der Waals surface area (Å²) in [5, 5.41) is 3.66. The second-order valence-electron chi connectivity index (χ2n) is 5.94. The minimum atomic E-state index is -0.0309. The van der Waals surface area contributed by atoms with Crippen LogP contribution in [0.15, 0.2) is 18.2 Å². The van der Waals surface area contributed by atoms with Crippen molar-refractivity contribution in [3.63, 3.8) is 0 Å². The highest BCUT2D eigenvalue weighted by atomic mass is 19.1. The number of halogens is 1. The molecule has 0 radical (unpaired) electrons. The summed E-state index contributed by atoms with van der Waals surface area (Å²) in [6.45, 7) is 2.24. The third kappa shape index (κ3) is 2.67. The first kappa shape index (κ1) is 13.1. The number of hydrogen-bond donors (Lipinski definition) is 1. The molecule has 0 amide bonds. The second-order valence-corrected chi connectivity index (χ2v) is 5.94. The standard InChI is InChI=1S/C16H23FN2/c1-19-10-3-2-5-12(19)11-18-16-9-8-13-14(16)6-4-7-15(13)17/h4,6-7,12,16,18H,2-3,5,8-11H2,1H3. The van der Waals surface area contributed by atoms with E-state index in [1.165, 1.54) is 31.4 Å². The molecule has 2 atom stereocenters. The fraction of sp³-hybridized carbons (Fsp3) is 0.625. The zero-order valence-corrected chi connectivity index (χ0v) is 11.7. The molecule has 1 aliphatic carbocycles. The molecule has 3 rings (SSSR count). The Morgan fingerprint density at radius 1 is 1.32 bits per heavy atom. The number of hydrogen-bond acceptors (Lipinski definition) is 2. The lowest BCUT2D eigenvalue weighted by molar-refractivity contribution is 0.177. The van der Waals surface area contributed by atoms with Crippen LogP contribution in [0.25, 0.3) is 0 Å². The van der Waals surface area contributed by atoms with Crippen molar-refractivity contribution < 1.29 is 4.39 Å². The van der Waals surface area contributed by atoms with Gasteiger partial charge in [0.15, 0.2) is 0 Å². The van der Waals surface area contributed by atoms with E-state index in [1.54, 1.807) is 6.07 Å². The second kappa shape index (κ2) is 5.59. The molecule has 1 heterocycles. The van der Waals surface area contributed by atoms with E-state index in [2.05, 4.69) is 23.3 Å². The van der Waals surface area contributed by atoms with Crippen LogP contribution in [0.2, 0.25) is 0 Å². The zero-order valence-electron chi connectivity index (χ0n) is 11.7. The molecule has 1 aliphatic heterocycles. The predicted molar refractivity (Wildman–Crippen MR) is 75.7 cm³/mol. The van der Waals surface area contributed by atoms with Crippen molar-refractivity contribution in [2.75, 3.05) is 20.1 Å². The molecule has 1 fully saturated rings. The van der Waals surface area contributed by atoms with Crippen molar-refractivity contribution in [2.45, 2.75) is 44.2 Å². The lowest BCUT2D eigenvalue weighted by Gasteiger charge is -2.33. The van der Waals surface area contributed by atoms with Crippen LogP contribution in [-0.2, 0) is 6.42 Å². The molecule has 104 valence electrons. The van der Waals surface area contributed by atoms with Gasteiger partial charge in [-0.3, -0.25) is 0 Å². The fourth-order valence-corrected chi connectivity index (χ4v) is 3.50. The van der Waals surface area contributed by atoms with E-state index in [-0.39, 0.29) is 5.82 Å². The summed E-state index contributed by atoms with van der Waals surface area (Å²) in [7, 11) is 2.22. The first-order valence-corrected chi connectivity index (χ1v) is 7.46. The SMILES string of the molecule is CN1CCCCC1CNC1CCc2c(F)cccc21. The molecule has 1 aromatic rings. The van der Waals surface area contributed by atoms with Gasteiger partial charge in [-0.05, 0) is 56.5 Å². The van der Waals surface area contributed by atoms with Gasteiger partial charge >= 0.3 is 0 Å². The maximum absolute atomic E-state index is 13.7. The number of nitrogens with zero attached hydrogens (tertiary/aromatic N) is 1. The number of piperidine rings is 1. The third-order valence-corrected chi connectivity index (χ3v) is 4.73. The van der Waals surface area contributed by atoms with Crippen molar-refractivity contribution in [2.24, 2.45) is 0 Å². The highest BCUT2D eigenvalue weighted by molar-refractivity contribution is 5.35. The van der Waals surface area contributed by atoms with E-state index in [9.17, 15) is 4.39 Å². The number of benzene rings is 1. The topological polar surface area (TPSA) is 15.3 Å². The summed E-state index contributed by atoms with van der Waals surface area (Å²) in [5.41, 5.74) is 2.11. The van der Waals surface area contributed by atoms with Gasteiger partial charge in [0.1, 0.15) is 5.82 Å². The minimum Gasteiger partial charge on any atom is -0.308 e. The summed E-state index contributed by atoms with van der Waals surface area (Å²) < 4.78 is 13.7. The van der Waals surface area contributed by atoms with Crippen molar-refractivity contribution >= 4 is 0 Å². The van der Waals surface area contributed by atoms with Crippen molar-refractivity contribution in [3.05, 3.63) is 35.1 Å². The molecule has 0 saturated carbocycles. The van der Waals surface area contributed by atoms with Crippen LogP contribution < -0.4 is 5.32 Å². The van der Waals surface area contributed by atoms with Crippen LogP contribution in [0.5, 0.6) is 0 Å². The molecule has 2 unspecified atom stereocenters. The Morgan fingerprint density at radius 2 is 2.21 bits per heavy atom. The summed E-state index contributed by atoms with van der Waals surface area (Å²) >= 11 is 0.